The summed E-state index contributed by atoms with van der Waals surface area (Å²) in [6.07, 6.45) is 12.1. The Kier molecular flexibility index (Phi) is 10.2. The second-order valence-electron chi connectivity index (χ2n) is 8.92. The second-order valence-corrected chi connectivity index (χ2v) is 8.92. The monoisotopic (exact) mass is 516 g/mol. The Morgan fingerprint density at radius 2 is 2.00 bits per heavy atom. The summed E-state index contributed by atoms with van der Waals surface area (Å²) < 4.78 is 2.36. The van der Waals surface area contributed by atoms with Crippen molar-refractivity contribution >= 4 is 29.9 Å². The largest absolute Gasteiger partial charge is 0.357 e. The maximum atomic E-state index is 4.97. The van der Waals surface area contributed by atoms with E-state index in [0.717, 1.165) is 63.8 Å². The van der Waals surface area contributed by atoms with E-state index >= 15 is 0 Å². The van der Waals surface area contributed by atoms with E-state index in [2.05, 4.69) is 45.8 Å². The summed E-state index contributed by atoms with van der Waals surface area (Å²) in [5, 5.41) is 12.4. The molecular weight excluding hydrogens is 475 g/mol. The first-order valence-electron chi connectivity index (χ1n) is 11.6. The smallest absolute Gasteiger partial charge is 0.193 e. The number of guanidine groups is 1. The van der Waals surface area contributed by atoms with Crippen LogP contribution >= 0.6 is 24.0 Å². The predicted octanol–water partition coefficient (Wildman–Crippen LogP) is 4.42. The molecule has 3 heterocycles. The van der Waals surface area contributed by atoms with Crippen molar-refractivity contribution in [1.29, 1.82) is 0 Å². The van der Waals surface area contributed by atoms with Crippen molar-refractivity contribution in [3.63, 3.8) is 0 Å². The van der Waals surface area contributed by atoms with E-state index < -0.39 is 0 Å². The average molecular weight is 517 g/mol. The van der Waals surface area contributed by atoms with Gasteiger partial charge in [0.1, 0.15) is 11.6 Å². The SMILES string of the molecule is CCCC1(C)CCCN(C(=NCCCc2nnc3n2CCCCC3)NCC)C1.I. The molecule has 1 aromatic rings. The molecule has 0 aliphatic carbocycles. The van der Waals surface area contributed by atoms with Crippen molar-refractivity contribution in [2.24, 2.45) is 10.4 Å². The van der Waals surface area contributed by atoms with Crippen LogP contribution in [-0.4, -0.2) is 51.8 Å². The zero-order chi connectivity index (χ0) is 19.8. The lowest BCUT2D eigenvalue weighted by Gasteiger charge is -2.42. The molecule has 1 saturated heterocycles. The Morgan fingerprint density at radius 1 is 1.14 bits per heavy atom. The van der Waals surface area contributed by atoms with Crippen LogP contribution in [0.2, 0.25) is 0 Å². The molecule has 2 aliphatic heterocycles. The third-order valence-corrected chi connectivity index (χ3v) is 6.28. The van der Waals surface area contributed by atoms with Gasteiger partial charge in [0.05, 0.1) is 0 Å². The van der Waals surface area contributed by atoms with E-state index in [4.69, 9.17) is 4.99 Å². The molecule has 0 amide bonds. The lowest BCUT2D eigenvalue weighted by atomic mass is 9.78. The molecular formula is C22H41IN6. The molecule has 1 unspecified atom stereocenters. The number of piperidine rings is 1. The van der Waals surface area contributed by atoms with Crippen LogP contribution in [0, 0.1) is 5.41 Å². The van der Waals surface area contributed by atoms with E-state index in [1.165, 1.54) is 50.8 Å². The number of aromatic nitrogens is 3. The van der Waals surface area contributed by atoms with Crippen molar-refractivity contribution in [2.45, 2.75) is 91.5 Å². The maximum Gasteiger partial charge on any atom is 0.193 e. The van der Waals surface area contributed by atoms with Gasteiger partial charge in [0.25, 0.3) is 0 Å². The van der Waals surface area contributed by atoms with Crippen LogP contribution in [0.4, 0.5) is 0 Å². The number of nitrogens with one attached hydrogen (secondary N) is 1. The highest BCUT2D eigenvalue weighted by atomic mass is 127. The lowest BCUT2D eigenvalue weighted by Crippen LogP contribution is -2.49. The Balaban J connectivity index is 0.00000300. The van der Waals surface area contributed by atoms with E-state index in [0.29, 0.717) is 5.41 Å². The summed E-state index contributed by atoms with van der Waals surface area (Å²) in [6, 6.07) is 0. The Morgan fingerprint density at radius 3 is 2.79 bits per heavy atom. The summed E-state index contributed by atoms with van der Waals surface area (Å²) >= 11 is 0. The van der Waals surface area contributed by atoms with Gasteiger partial charge in [0, 0.05) is 45.6 Å². The fourth-order valence-corrected chi connectivity index (χ4v) is 4.88. The van der Waals surface area contributed by atoms with Gasteiger partial charge in [-0.25, -0.2) is 0 Å². The first-order valence-corrected chi connectivity index (χ1v) is 11.6. The number of rotatable bonds is 7. The topological polar surface area (TPSA) is 58.3 Å². The van der Waals surface area contributed by atoms with Crippen molar-refractivity contribution in [2.75, 3.05) is 26.2 Å². The summed E-state index contributed by atoms with van der Waals surface area (Å²) in [6.45, 7) is 12.0. The highest BCUT2D eigenvalue weighted by Gasteiger charge is 2.31. The van der Waals surface area contributed by atoms with Gasteiger partial charge in [0.15, 0.2) is 5.96 Å². The van der Waals surface area contributed by atoms with Crippen LogP contribution in [-0.2, 0) is 19.4 Å². The molecule has 1 N–H and O–H groups in total. The molecule has 3 rings (SSSR count). The maximum absolute atomic E-state index is 4.97. The molecule has 166 valence electrons. The number of aliphatic imine (C=N–C) groups is 1. The van der Waals surface area contributed by atoms with Gasteiger partial charge in [-0.1, -0.05) is 26.7 Å². The molecule has 1 fully saturated rings. The van der Waals surface area contributed by atoms with Crippen molar-refractivity contribution < 1.29 is 0 Å². The normalized spacial score (nSPS) is 22.6. The van der Waals surface area contributed by atoms with Crippen LogP contribution in [0.5, 0.6) is 0 Å². The Bertz CT molecular complexity index is 639. The molecule has 2 aliphatic rings. The number of halogens is 1. The predicted molar refractivity (Wildman–Crippen MR) is 131 cm³/mol. The number of hydrogen-bond donors (Lipinski definition) is 1. The average Bonchev–Trinajstić information content (AvgIpc) is 2.90. The van der Waals surface area contributed by atoms with Gasteiger partial charge in [-0.3, -0.25) is 4.99 Å². The van der Waals surface area contributed by atoms with E-state index in [-0.39, 0.29) is 24.0 Å². The molecule has 0 spiro atoms. The highest BCUT2D eigenvalue weighted by Crippen LogP contribution is 2.33. The van der Waals surface area contributed by atoms with Crippen molar-refractivity contribution in [1.82, 2.24) is 25.0 Å². The second kappa shape index (κ2) is 12.1. The molecule has 1 aromatic heterocycles. The van der Waals surface area contributed by atoms with Gasteiger partial charge in [0.2, 0.25) is 0 Å². The number of nitrogens with zero attached hydrogens (tertiary/aromatic N) is 5. The third kappa shape index (κ3) is 6.82. The van der Waals surface area contributed by atoms with Gasteiger partial charge in [-0.2, -0.15) is 0 Å². The summed E-state index contributed by atoms with van der Waals surface area (Å²) in [7, 11) is 0. The Hall–Kier alpha value is -0.860. The third-order valence-electron chi connectivity index (χ3n) is 6.28. The lowest BCUT2D eigenvalue weighted by molar-refractivity contribution is 0.142. The molecule has 29 heavy (non-hydrogen) atoms. The molecule has 0 bridgehead atoms. The molecule has 0 saturated carbocycles. The molecule has 6 nitrogen and oxygen atoms in total. The fraction of sp³-hybridized carbons (Fsp3) is 0.864. The van der Waals surface area contributed by atoms with Crippen LogP contribution in [0.25, 0.3) is 0 Å². The number of fused-ring (bicyclic) bond motifs is 1. The molecule has 1 atom stereocenters. The summed E-state index contributed by atoms with van der Waals surface area (Å²) in [5.41, 5.74) is 0.433. The molecule has 0 radical (unpaired) electrons. The Labute approximate surface area is 194 Å². The van der Waals surface area contributed by atoms with Crippen molar-refractivity contribution in [3.05, 3.63) is 11.6 Å². The fourth-order valence-electron chi connectivity index (χ4n) is 4.88. The zero-order valence-electron chi connectivity index (χ0n) is 18.8. The standard InChI is InChI=1S/C22H40N6.HI/c1-4-13-22(3)14-10-16-27(18-22)21(23-5-2)24-15-9-12-20-26-25-19-11-7-6-8-17-28(19)20;/h4-18H2,1-3H3,(H,23,24);1H. The van der Waals surface area contributed by atoms with Gasteiger partial charge < -0.3 is 14.8 Å². The van der Waals surface area contributed by atoms with Gasteiger partial charge in [-0.15, -0.1) is 34.2 Å². The first kappa shape index (κ1) is 24.4. The quantitative estimate of drug-likeness (QED) is 0.252. The molecule has 7 heteroatoms. The highest BCUT2D eigenvalue weighted by molar-refractivity contribution is 14.0. The number of hydrogen-bond acceptors (Lipinski definition) is 3. The van der Waals surface area contributed by atoms with E-state index in [1.807, 2.05) is 0 Å². The van der Waals surface area contributed by atoms with Gasteiger partial charge in [-0.05, 0) is 50.9 Å². The van der Waals surface area contributed by atoms with Crippen molar-refractivity contribution in [3.8, 4) is 0 Å². The van der Waals surface area contributed by atoms with Crippen LogP contribution in [0.15, 0.2) is 4.99 Å². The minimum atomic E-state index is 0. The van der Waals surface area contributed by atoms with Crippen LogP contribution in [0.1, 0.15) is 83.8 Å². The van der Waals surface area contributed by atoms with E-state index in [1.54, 1.807) is 0 Å². The number of likely N-dealkylation sites (tertiary alicyclic amines) is 1. The minimum Gasteiger partial charge on any atom is -0.357 e. The van der Waals surface area contributed by atoms with Crippen LogP contribution < -0.4 is 5.32 Å². The van der Waals surface area contributed by atoms with Crippen LogP contribution in [0.3, 0.4) is 0 Å². The molecule has 0 aromatic carbocycles. The van der Waals surface area contributed by atoms with E-state index in [9.17, 15) is 0 Å². The van der Waals surface area contributed by atoms with Gasteiger partial charge >= 0.3 is 0 Å². The summed E-state index contributed by atoms with van der Waals surface area (Å²) in [4.78, 5) is 7.46. The minimum absolute atomic E-state index is 0. The first-order chi connectivity index (χ1) is 13.6. The summed E-state index contributed by atoms with van der Waals surface area (Å²) in [5.74, 6) is 3.45. The zero-order valence-corrected chi connectivity index (χ0v) is 21.1. The number of aryl methyl sites for hydroxylation is 2.